The third kappa shape index (κ3) is 6.67. The van der Waals surface area contributed by atoms with Crippen LogP contribution in [0.1, 0.15) is 25.3 Å². The van der Waals surface area contributed by atoms with Gasteiger partial charge in [-0.2, -0.15) is 4.99 Å². The summed E-state index contributed by atoms with van der Waals surface area (Å²) in [5.41, 5.74) is 11.8. The summed E-state index contributed by atoms with van der Waals surface area (Å²) in [5.74, 6) is 0.460. The summed E-state index contributed by atoms with van der Waals surface area (Å²) in [5, 5.41) is 3.82. The van der Waals surface area contributed by atoms with E-state index in [0.29, 0.717) is 17.5 Å². The summed E-state index contributed by atoms with van der Waals surface area (Å²) in [7, 11) is 0. The molecule has 0 bridgehead atoms. The SMILES string of the molecule is CCCCNC(N=C(N)N)=NCc1ccc(Cl)cc1. The van der Waals surface area contributed by atoms with Gasteiger partial charge in [0.25, 0.3) is 0 Å². The number of unbranched alkanes of at least 4 members (excludes halogenated alkanes) is 1. The average Bonchev–Trinajstić information content (AvgIpc) is 2.37. The second kappa shape index (κ2) is 8.37. The molecule has 0 radical (unpaired) electrons. The van der Waals surface area contributed by atoms with Gasteiger partial charge in [0.05, 0.1) is 6.54 Å². The molecule has 19 heavy (non-hydrogen) atoms. The smallest absolute Gasteiger partial charge is 0.221 e. The van der Waals surface area contributed by atoms with Crippen molar-refractivity contribution in [1.82, 2.24) is 5.32 Å². The Bertz CT molecular complexity index is 435. The zero-order chi connectivity index (χ0) is 14.1. The highest BCUT2D eigenvalue weighted by atomic mass is 35.5. The number of hydrogen-bond donors (Lipinski definition) is 3. The minimum Gasteiger partial charge on any atom is -0.370 e. The van der Waals surface area contributed by atoms with Crippen molar-refractivity contribution in [1.29, 1.82) is 0 Å². The quantitative estimate of drug-likeness (QED) is 0.437. The van der Waals surface area contributed by atoms with Gasteiger partial charge in [-0.05, 0) is 24.1 Å². The molecular formula is C13H20ClN5. The lowest BCUT2D eigenvalue weighted by molar-refractivity contribution is 0.748. The minimum atomic E-state index is -0.00106. The van der Waals surface area contributed by atoms with Crippen molar-refractivity contribution in [2.75, 3.05) is 6.54 Å². The third-order valence-electron chi connectivity index (χ3n) is 2.37. The molecule has 0 aromatic heterocycles. The van der Waals surface area contributed by atoms with Gasteiger partial charge in [0.2, 0.25) is 5.96 Å². The lowest BCUT2D eigenvalue weighted by atomic mass is 10.2. The lowest BCUT2D eigenvalue weighted by Crippen LogP contribution is -2.30. The van der Waals surface area contributed by atoms with Crippen molar-refractivity contribution in [2.24, 2.45) is 21.5 Å². The van der Waals surface area contributed by atoms with Crippen molar-refractivity contribution in [3.8, 4) is 0 Å². The zero-order valence-corrected chi connectivity index (χ0v) is 11.8. The van der Waals surface area contributed by atoms with Crippen molar-refractivity contribution in [3.63, 3.8) is 0 Å². The number of rotatable bonds is 5. The van der Waals surface area contributed by atoms with Crippen LogP contribution in [-0.2, 0) is 6.54 Å². The van der Waals surface area contributed by atoms with Crippen LogP contribution in [0.2, 0.25) is 5.02 Å². The molecule has 1 aromatic carbocycles. The summed E-state index contributed by atoms with van der Waals surface area (Å²) in [4.78, 5) is 8.32. The van der Waals surface area contributed by atoms with E-state index in [-0.39, 0.29) is 5.96 Å². The van der Waals surface area contributed by atoms with E-state index in [1.807, 2.05) is 24.3 Å². The van der Waals surface area contributed by atoms with E-state index < -0.39 is 0 Å². The summed E-state index contributed by atoms with van der Waals surface area (Å²) >= 11 is 5.82. The van der Waals surface area contributed by atoms with Crippen LogP contribution in [0.5, 0.6) is 0 Å². The van der Waals surface area contributed by atoms with Crippen LogP contribution in [0.15, 0.2) is 34.3 Å². The highest BCUT2D eigenvalue weighted by Gasteiger charge is 1.97. The number of aliphatic imine (C=N–C) groups is 2. The summed E-state index contributed by atoms with van der Waals surface area (Å²) < 4.78 is 0. The van der Waals surface area contributed by atoms with E-state index in [1.54, 1.807) is 0 Å². The molecular weight excluding hydrogens is 262 g/mol. The third-order valence-corrected chi connectivity index (χ3v) is 2.63. The van der Waals surface area contributed by atoms with Crippen LogP contribution in [0.3, 0.4) is 0 Å². The molecule has 0 aliphatic heterocycles. The first-order chi connectivity index (χ1) is 9.11. The van der Waals surface area contributed by atoms with Gasteiger partial charge < -0.3 is 16.8 Å². The highest BCUT2D eigenvalue weighted by molar-refractivity contribution is 6.30. The highest BCUT2D eigenvalue weighted by Crippen LogP contribution is 2.10. The van der Waals surface area contributed by atoms with Gasteiger partial charge in [0, 0.05) is 11.6 Å². The Hall–Kier alpha value is -1.75. The van der Waals surface area contributed by atoms with Crippen LogP contribution in [-0.4, -0.2) is 18.5 Å². The molecule has 0 aliphatic carbocycles. The molecule has 0 unspecified atom stereocenters. The number of nitrogens with two attached hydrogens (primary N) is 2. The number of benzene rings is 1. The van der Waals surface area contributed by atoms with E-state index in [2.05, 4.69) is 22.2 Å². The van der Waals surface area contributed by atoms with Gasteiger partial charge >= 0.3 is 0 Å². The molecule has 104 valence electrons. The predicted octanol–water partition coefficient (Wildman–Crippen LogP) is 1.86. The fraction of sp³-hybridized carbons (Fsp3) is 0.385. The maximum Gasteiger partial charge on any atom is 0.221 e. The second-order valence-corrected chi connectivity index (χ2v) is 4.52. The zero-order valence-electron chi connectivity index (χ0n) is 11.1. The fourth-order valence-electron chi connectivity index (χ4n) is 1.39. The molecule has 0 spiro atoms. The maximum absolute atomic E-state index is 5.82. The minimum absolute atomic E-state index is 0.00106. The fourth-order valence-corrected chi connectivity index (χ4v) is 1.51. The molecule has 0 fully saturated rings. The molecule has 0 saturated carbocycles. The van der Waals surface area contributed by atoms with Gasteiger partial charge in [-0.15, -0.1) is 0 Å². The van der Waals surface area contributed by atoms with Crippen LogP contribution >= 0.6 is 11.6 Å². The summed E-state index contributed by atoms with van der Waals surface area (Å²) in [6, 6.07) is 7.50. The maximum atomic E-state index is 5.82. The number of guanidine groups is 2. The number of halogens is 1. The molecule has 1 rings (SSSR count). The Kier molecular flexibility index (Phi) is 6.74. The Balaban J connectivity index is 2.65. The molecule has 0 heterocycles. The summed E-state index contributed by atoms with van der Waals surface area (Å²) in [6.45, 7) is 3.42. The lowest BCUT2D eigenvalue weighted by Gasteiger charge is -2.05. The predicted molar refractivity (Wildman–Crippen MR) is 81.3 cm³/mol. The molecule has 1 aromatic rings. The molecule has 6 heteroatoms. The Morgan fingerprint density at radius 3 is 2.53 bits per heavy atom. The van der Waals surface area contributed by atoms with E-state index in [1.165, 1.54) is 0 Å². The van der Waals surface area contributed by atoms with E-state index in [4.69, 9.17) is 23.1 Å². The monoisotopic (exact) mass is 281 g/mol. The van der Waals surface area contributed by atoms with Crippen molar-refractivity contribution in [3.05, 3.63) is 34.9 Å². The number of nitrogens with one attached hydrogen (secondary N) is 1. The second-order valence-electron chi connectivity index (χ2n) is 4.08. The average molecular weight is 282 g/mol. The van der Waals surface area contributed by atoms with Gasteiger partial charge in [-0.25, -0.2) is 4.99 Å². The van der Waals surface area contributed by atoms with Gasteiger partial charge in [0.1, 0.15) is 0 Å². The molecule has 0 atom stereocenters. The molecule has 0 saturated heterocycles. The number of nitrogens with zero attached hydrogens (tertiary/aromatic N) is 2. The van der Waals surface area contributed by atoms with Gasteiger partial charge in [-0.3, -0.25) is 0 Å². The Morgan fingerprint density at radius 2 is 1.95 bits per heavy atom. The number of hydrogen-bond acceptors (Lipinski definition) is 1. The standard InChI is InChI=1S/C13H20ClN5/c1-2-3-8-17-13(19-12(15)16)18-9-10-4-6-11(14)7-5-10/h4-7H,2-3,8-9H2,1H3,(H5,15,16,17,18,19). The normalized spacial score (nSPS) is 11.2. The largest absolute Gasteiger partial charge is 0.370 e. The molecule has 5 nitrogen and oxygen atoms in total. The first-order valence-corrected chi connectivity index (χ1v) is 6.62. The Morgan fingerprint density at radius 1 is 1.26 bits per heavy atom. The van der Waals surface area contributed by atoms with Crippen LogP contribution < -0.4 is 16.8 Å². The van der Waals surface area contributed by atoms with Crippen molar-refractivity contribution >= 4 is 23.5 Å². The van der Waals surface area contributed by atoms with Crippen molar-refractivity contribution in [2.45, 2.75) is 26.3 Å². The van der Waals surface area contributed by atoms with E-state index in [0.717, 1.165) is 24.9 Å². The van der Waals surface area contributed by atoms with E-state index >= 15 is 0 Å². The van der Waals surface area contributed by atoms with Gasteiger partial charge in [0.15, 0.2) is 5.96 Å². The first kappa shape index (κ1) is 15.3. The van der Waals surface area contributed by atoms with Crippen molar-refractivity contribution < 1.29 is 0 Å². The van der Waals surface area contributed by atoms with E-state index in [9.17, 15) is 0 Å². The Labute approximate surface area is 118 Å². The molecule has 0 amide bonds. The topological polar surface area (TPSA) is 88.8 Å². The summed E-state index contributed by atoms with van der Waals surface area (Å²) in [6.07, 6.45) is 2.14. The van der Waals surface area contributed by atoms with Crippen LogP contribution in [0.4, 0.5) is 0 Å². The molecule has 5 N–H and O–H groups in total. The van der Waals surface area contributed by atoms with Gasteiger partial charge in [-0.1, -0.05) is 37.1 Å². The van der Waals surface area contributed by atoms with Crippen LogP contribution in [0, 0.1) is 0 Å². The first-order valence-electron chi connectivity index (χ1n) is 6.24. The molecule has 0 aliphatic rings. The van der Waals surface area contributed by atoms with Crippen LogP contribution in [0.25, 0.3) is 0 Å².